The summed E-state index contributed by atoms with van der Waals surface area (Å²) in [4.78, 5) is 4.10. The molecule has 2 aromatic heterocycles. The van der Waals surface area contributed by atoms with E-state index in [1.54, 1.807) is 6.20 Å². The van der Waals surface area contributed by atoms with Gasteiger partial charge in [0.25, 0.3) is 5.22 Å². The van der Waals surface area contributed by atoms with E-state index >= 15 is 0 Å². The first kappa shape index (κ1) is 14.0. The van der Waals surface area contributed by atoms with Gasteiger partial charge in [-0.2, -0.15) is 0 Å². The molecule has 0 radical (unpaired) electrons. The van der Waals surface area contributed by atoms with Crippen molar-refractivity contribution >= 4 is 22.5 Å². The molecule has 2 heterocycles. The van der Waals surface area contributed by atoms with E-state index in [-0.39, 0.29) is 0 Å². The zero-order valence-corrected chi connectivity index (χ0v) is 13.0. The van der Waals surface area contributed by atoms with Crippen molar-refractivity contribution in [2.45, 2.75) is 11.0 Å². The number of rotatable bonds is 4. The second-order valence-corrected chi connectivity index (χ2v) is 6.01. The summed E-state index contributed by atoms with van der Waals surface area (Å²) in [6.07, 6.45) is 3.60. The number of thioether (sulfide) groups is 1. The van der Waals surface area contributed by atoms with Crippen LogP contribution in [0, 0.1) is 0 Å². The molecule has 0 fully saturated rings. The van der Waals surface area contributed by atoms with E-state index in [4.69, 9.17) is 4.42 Å². The molecule has 0 unspecified atom stereocenters. The number of hydrogen-bond acceptors (Lipinski definition) is 5. The molecule has 0 aliphatic heterocycles. The number of pyridine rings is 1. The fourth-order valence-electron chi connectivity index (χ4n) is 2.34. The van der Waals surface area contributed by atoms with E-state index in [2.05, 4.69) is 39.4 Å². The third-order valence-corrected chi connectivity index (χ3v) is 4.38. The second kappa shape index (κ2) is 6.22. The van der Waals surface area contributed by atoms with Gasteiger partial charge in [-0.25, -0.2) is 0 Å². The molecule has 0 saturated heterocycles. The third kappa shape index (κ3) is 3.10. The summed E-state index contributed by atoms with van der Waals surface area (Å²) in [5.74, 6) is 1.30. The number of benzene rings is 2. The molecule has 0 N–H and O–H groups in total. The van der Waals surface area contributed by atoms with Gasteiger partial charge in [0.1, 0.15) is 0 Å². The van der Waals surface area contributed by atoms with E-state index < -0.39 is 0 Å². The van der Waals surface area contributed by atoms with Crippen LogP contribution in [0.4, 0.5) is 0 Å². The molecule has 2 aromatic carbocycles. The van der Waals surface area contributed by atoms with Crippen LogP contribution in [0.2, 0.25) is 0 Å². The third-order valence-electron chi connectivity index (χ3n) is 3.49. The monoisotopic (exact) mass is 319 g/mol. The van der Waals surface area contributed by atoms with Crippen LogP contribution in [0.25, 0.3) is 22.2 Å². The van der Waals surface area contributed by atoms with Crippen molar-refractivity contribution < 1.29 is 4.42 Å². The Labute approximate surface area is 137 Å². The van der Waals surface area contributed by atoms with Crippen molar-refractivity contribution in [2.24, 2.45) is 0 Å². The Hall–Kier alpha value is -2.66. The van der Waals surface area contributed by atoms with E-state index in [9.17, 15) is 0 Å². The number of nitrogens with zero attached hydrogens (tertiary/aromatic N) is 3. The van der Waals surface area contributed by atoms with E-state index in [1.807, 2.05) is 36.5 Å². The summed E-state index contributed by atoms with van der Waals surface area (Å²) in [6, 6.07) is 18.3. The zero-order valence-electron chi connectivity index (χ0n) is 12.2. The Morgan fingerprint density at radius 3 is 2.70 bits per heavy atom. The van der Waals surface area contributed by atoms with Crippen LogP contribution in [0.3, 0.4) is 0 Å². The van der Waals surface area contributed by atoms with Crippen LogP contribution in [0.1, 0.15) is 5.56 Å². The molecule has 4 aromatic rings. The van der Waals surface area contributed by atoms with Gasteiger partial charge in [0.05, 0.1) is 0 Å². The molecule has 0 atom stereocenters. The minimum Gasteiger partial charge on any atom is -0.411 e. The molecule has 112 valence electrons. The highest BCUT2D eigenvalue weighted by molar-refractivity contribution is 7.98. The van der Waals surface area contributed by atoms with Crippen LogP contribution >= 0.6 is 11.8 Å². The molecule has 0 bridgehead atoms. The number of fused-ring (bicyclic) bond motifs is 1. The predicted molar refractivity (Wildman–Crippen MR) is 91.0 cm³/mol. The van der Waals surface area contributed by atoms with Gasteiger partial charge in [-0.15, -0.1) is 10.2 Å². The number of aromatic nitrogens is 3. The standard InChI is InChI=1S/C18H13N3OS/c1-2-6-15-10-16(8-7-14(15)5-1)17-20-21-18(22-17)23-12-13-4-3-9-19-11-13/h1-11H,12H2. The maximum Gasteiger partial charge on any atom is 0.277 e. The highest BCUT2D eigenvalue weighted by atomic mass is 32.2. The molecule has 0 saturated carbocycles. The lowest BCUT2D eigenvalue weighted by molar-refractivity contribution is 0.466. The van der Waals surface area contributed by atoms with E-state index in [0.29, 0.717) is 11.1 Å². The van der Waals surface area contributed by atoms with Crippen molar-refractivity contribution in [1.82, 2.24) is 15.2 Å². The van der Waals surface area contributed by atoms with Crippen LogP contribution in [-0.2, 0) is 5.75 Å². The summed E-state index contributed by atoms with van der Waals surface area (Å²) >= 11 is 1.51. The van der Waals surface area contributed by atoms with Gasteiger partial charge in [-0.3, -0.25) is 4.98 Å². The second-order valence-electron chi connectivity index (χ2n) is 5.09. The topological polar surface area (TPSA) is 51.8 Å². The Morgan fingerprint density at radius 1 is 0.913 bits per heavy atom. The van der Waals surface area contributed by atoms with Gasteiger partial charge in [0.2, 0.25) is 5.89 Å². The molecule has 4 rings (SSSR count). The van der Waals surface area contributed by atoms with Gasteiger partial charge in [-0.05, 0) is 34.5 Å². The molecule has 0 amide bonds. The summed E-state index contributed by atoms with van der Waals surface area (Å²) in [5.41, 5.74) is 2.06. The van der Waals surface area contributed by atoms with Crippen molar-refractivity contribution in [3.8, 4) is 11.5 Å². The van der Waals surface area contributed by atoms with Gasteiger partial charge >= 0.3 is 0 Å². The maximum atomic E-state index is 5.76. The number of hydrogen-bond donors (Lipinski definition) is 0. The average Bonchev–Trinajstić information content (AvgIpc) is 3.09. The molecule has 23 heavy (non-hydrogen) atoms. The lowest BCUT2D eigenvalue weighted by atomic mass is 10.1. The average molecular weight is 319 g/mol. The molecule has 4 nitrogen and oxygen atoms in total. The largest absolute Gasteiger partial charge is 0.411 e. The van der Waals surface area contributed by atoms with Crippen molar-refractivity contribution in [3.05, 3.63) is 72.6 Å². The molecular formula is C18H13N3OS. The van der Waals surface area contributed by atoms with E-state index in [0.717, 1.165) is 22.3 Å². The Balaban J connectivity index is 1.54. The van der Waals surface area contributed by atoms with Crippen molar-refractivity contribution in [2.75, 3.05) is 0 Å². The van der Waals surface area contributed by atoms with Crippen molar-refractivity contribution in [3.63, 3.8) is 0 Å². The zero-order chi connectivity index (χ0) is 15.5. The fourth-order valence-corrected chi connectivity index (χ4v) is 3.03. The summed E-state index contributed by atoms with van der Waals surface area (Å²) in [5, 5.41) is 11.2. The van der Waals surface area contributed by atoms with Crippen LogP contribution < -0.4 is 0 Å². The maximum absolute atomic E-state index is 5.76. The van der Waals surface area contributed by atoms with E-state index in [1.165, 1.54) is 17.1 Å². The van der Waals surface area contributed by atoms with Crippen molar-refractivity contribution in [1.29, 1.82) is 0 Å². The molecule has 0 aliphatic rings. The predicted octanol–water partition coefficient (Wildman–Crippen LogP) is 4.58. The summed E-state index contributed by atoms with van der Waals surface area (Å²) in [7, 11) is 0. The smallest absolute Gasteiger partial charge is 0.277 e. The lowest BCUT2D eigenvalue weighted by Gasteiger charge is -1.99. The van der Waals surface area contributed by atoms with Gasteiger partial charge in [0, 0.05) is 23.7 Å². The van der Waals surface area contributed by atoms with Crippen LogP contribution in [-0.4, -0.2) is 15.2 Å². The summed E-state index contributed by atoms with van der Waals surface area (Å²) in [6.45, 7) is 0. The minimum atomic E-state index is 0.546. The summed E-state index contributed by atoms with van der Waals surface area (Å²) < 4.78 is 5.76. The Bertz CT molecular complexity index is 937. The minimum absolute atomic E-state index is 0.546. The first-order valence-electron chi connectivity index (χ1n) is 7.23. The Morgan fingerprint density at radius 2 is 1.83 bits per heavy atom. The van der Waals surface area contributed by atoms with Gasteiger partial charge in [-0.1, -0.05) is 48.2 Å². The SMILES string of the molecule is c1cncc(CSc2nnc(-c3ccc4ccccc4c3)o2)c1. The van der Waals surface area contributed by atoms with Crippen LogP contribution in [0.15, 0.2) is 76.6 Å². The van der Waals surface area contributed by atoms with Crippen LogP contribution in [0.5, 0.6) is 0 Å². The Kier molecular flexibility index (Phi) is 3.78. The molecule has 0 aliphatic carbocycles. The quantitative estimate of drug-likeness (QED) is 0.515. The molecular weight excluding hydrogens is 306 g/mol. The van der Waals surface area contributed by atoms with Gasteiger partial charge in [0.15, 0.2) is 0 Å². The highest BCUT2D eigenvalue weighted by Crippen LogP contribution is 2.27. The lowest BCUT2D eigenvalue weighted by Crippen LogP contribution is -1.81. The molecule has 5 heteroatoms. The first-order chi connectivity index (χ1) is 11.4. The van der Waals surface area contributed by atoms with Gasteiger partial charge < -0.3 is 4.42 Å². The normalized spacial score (nSPS) is 11.0. The fraction of sp³-hybridized carbons (Fsp3) is 0.0556. The first-order valence-corrected chi connectivity index (χ1v) is 8.21. The molecule has 0 spiro atoms. The highest BCUT2D eigenvalue weighted by Gasteiger charge is 2.10.